The average molecular weight is 372 g/mol. The molecule has 2 rings (SSSR count). The summed E-state index contributed by atoms with van der Waals surface area (Å²) in [6.45, 7) is 0. The number of rotatable bonds is 6. The largest absolute Gasteiger partial charge is 0.469 e. The van der Waals surface area contributed by atoms with Crippen LogP contribution in [0.25, 0.3) is 0 Å². The van der Waals surface area contributed by atoms with E-state index >= 15 is 0 Å². The molecule has 0 spiro atoms. The van der Waals surface area contributed by atoms with Crippen LogP contribution in [0.5, 0.6) is 0 Å². The molecular weight excluding hydrogens is 356 g/mol. The second-order valence-electron chi connectivity index (χ2n) is 4.69. The molecule has 0 unspecified atom stereocenters. The molecule has 0 saturated carbocycles. The van der Waals surface area contributed by atoms with Crippen LogP contribution in [0.3, 0.4) is 0 Å². The highest BCUT2D eigenvalue weighted by molar-refractivity contribution is 9.09. The third-order valence-electron chi connectivity index (χ3n) is 3.12. The maximum atomic E-state index is 5.49. The molecule has 18 heavy (non-hydrogen) atoms. The van der Waals surface area contributed by atoms with E-state index in [-0.39, 0.29) is 5.41 Å². The number of hydrogen-bond acceptors (Lipinski definition) is 1. The van der Waals surface area contributed by atoms with Crippen LogP contribution in [0.4, 0.5) is 0 Å². The van der Waals surface area contributed by atoms with E-state index < -0.39 is 0 Å². The van der Waals surface area contributed by atoms with Gasteiger partial charge in [-0.15, -0.1) is 0 Å². The number of hydrogen-bond donors (Lipinski definition) is 0. The van der Waals surface area contributed by atoms with Crippen LogP contribution in [0.1, 0.15) is 11.3 Å². The second kappa shape index (κ2) is 6.58. The zero-order chi connectivity index (χ0) is 12.8. The molecule has 0 fully saturated rings. The van der Waals surface area contributed by atoms with E-state index in [0.29, 0.717) is 0 Å². The Hall–Kier alpha value is -0.540. The zero-order valence-electron chi connectivity index (χ0n) is 10.1. The van der Waals surface area contributed by atoms with Gasteiger partial charge in [0, 0.05) is 22.5 Å². The van der Waals surface area contributed by atoms with E-state index in [1.54, 1.807) is 6.26 Å². The third kappa shape index (κ3) is 3.48. The van der Waals surface area contributed by atoms with Gasteiger partial charge in [-0.3, -0.25) is 0 Å². The van der Waals surface area contributed by atoms with E-state index in [1.165, 1.54) is 5.56 Å². The molecule has 0 aliphatic carbocycles. The molecule has 0 aliphatic heterocycles. The Bertz CT molecular complexity index is 447. The Kier molecular flexibility index (Phi) is 5.07. The summed E-state index contributed by atoms with van der Waals surface area (Å²) in [6, 6.07) is 14.6. The Morgan fingerprint density at radius 1 is 0.889 bits per heavy atom. The minimum absolute atomic E-state index is 0.152. The lowest BCUT2D eigenvalue weighted by atomic mass is 9.82. The molecule has 0 saturated heterocycles. The first-order valence-electron chi connectivity index (χ1n) is 5.96. The molecule has 1 heterocycles. The van der Waals surface area contributed by atoms with Gasteiger partial charge in [0.15, 0.2) is 0 Å². The maximum Gasteiger partial charge on any atom is 0.104 e. The topological polar surface area (TPSA) is 13.1 Å². The standard InChI is InChI=1S/C15H16Br2O/c16-11-15(12-17,10-14-7-4-8-18-14)9-13-5-2-1-3-6-13/h1-8H,9-12H2. The van der Waals surface area contributed by atoms with Gasteiger partial charge in [-0.1, -0.05) is 62.2 Å². The van der Waals surface area contributed by atoms with Gasteiger partial charge < -0.3 is 4.42 Å². The van der Waals surface area contributed by atoms with Crippen LogP contribution >= 0.6 is 31.9 Å². The number of halogens is 2. The molecule has 0 amide bonds. The van der Waals surface area contributed by atoms with E-state index in [1.807, 2.05) is 12.1 Å². The van der Waals surface area contributed by atoms with Crippen LogP contribution < -0.4 is 0 Å². The van der Waals surface area contributed by atoms with E-state index in [4.69, 9.17) is 4.42 Å². The van der Waals surface area contributed by atoms with Crippen molar-refractivity contribution in [2.75, 3.05) is 10.7 Å². The first kappa shape index (κ1) is 13.9. The minimum atomic E-state index is 0.152. The van der Waals surface area contributed by atoms with Crippen LogP contribution in [-0.4, -0.2) is 10.7 Å². The van der Waals surface area contributed by atoms with Crippen molar-refractivity contribution in [2.45, 2.75) is 12.8 Å². The molecule has 0 bridgehead atoms. The highest BCUT2D eigenvalue weighted by Crippen LogP contribution is 2.32. The molecule has 1 aromatic carbocycles. The quantitative estimate of drug-likeness (QED) is 0.662. The molecule has 0 N–H and O–H groups in total. The monoisotopic (exact) mass is 370 g/mol. The lowest BCUT2D eigenvalue weighted by Gasteiger charge is -2.29. The van der Waals surface area contributed by atoms with Crippen molar-refractivity contribution in [3.05, 3.63) is 60.1 Å². The van der Waals surface area contributed by atoms with Gasteiger partial charge in [-0.25, -0.2) is 0 Å². The minimum Gasteiger partial charge on any atom is -0.469 e. The molecule has 0 aliphatic rings. The highest BCUT2D eigenvalue weighted by Gasteiger charge is 2.29. The number of benzene rings is 1. The van der Waals surface area contributed by atoms with Gasteiger partial charge in [-0.2, -0.15) is 0 Å². The second-order valence-corrected chi connectivity index (χ2v) is 5.81. The molecule has 1 nitrogen and oxygen atoms in total. The fourth-order valence-corrected chi connectivity index (χ4v) is 3.82. The lowest BCUT2D eigenvalue weighted by Crippen LogP contribution is -2.30. The van der Waals surface area contributed by atoms with Crippen molar-refractivity contribution < 1.29 is 4.42 Å². The van der Waals surface area contributed by atoms with Crippen molar-refractivity contribution in [2.24, 2.45) is 5.41 Å². The summed E-state index contributed by atoms with van der Waals surface area (Å²) in [5.74, 6) is 1.05. The summed E-state index contributed by atoms with van der Waals surface area (Å²) in [7, 11) is 0. The highest BCUT2D eigenvalue weighted by atomic mass is 79.9. The molecule has 3 heteroatoms. The van der Waals surface area contributed by atoms with Crippen LogP contribution in [-0.2, 0) is 12.8 Å². The Morgan fingerprint density at radius 3 is 2.17 bits per heavy atom. The van der Waals surface area contributed by atoms with Crippen molar-refractivity contribution in [1.29, 1.82) is 0 Å². The van der Waals surface area contributed by atoms with Gasteiger partial charge in [0.25, 0.3) is 0 Å². The first-order valence-corrected chi connectivity index (χ1v) is 8.20. The van der Waals surface area contributed by atoms with E-state index in [9.17, 15) is 0 Å². The fourth-order valence-electron chi connectivity index (χ4n) is 2.10. The third-order valence-corrected chi connectivity index (χ3v) is 5.50. The fraction of sp³-hybridized carbons (Fsp3) is 0.333. The smallest absolute Gasteiger partial charge is 0.104 e. The van der Waals surface area contributed by atoms with Gasteiger partial charge in [0.05, 0.1) is 6.26 Å². The first-order chi connectivity index (χ1) is 8.78. The molecule has 0 radical (unpaired) electrons. The zero-order valence-corrected chi connectivity index (χ0v) is 13.3. The van der Waals surface area contributed by atoms with Gasteiger partial charge >= 0.3 is 0 Å². The normalized spacial score (nSPS) is 11.7. The summed E-state index contributed by atoms with van der Waals surface area (Å²) >= 11 is 7.33. The summed E-state index contributed by atoms with van der Waals surface area (Å²) < 4.78 is 5.49. The van der Waals surface area contributed by atoms with Gasteiger partial charge in [0.2, 0.25) is 0 Å². The molecule has 96 valence electrons. The van der Waals surface area contributed by atoms with Gasteiger partial charge in [-0.05, 0) is 24.1 Å². The maximum absolute atomic E-state index is 5.49. The van der Waals surface area contributed by atoms with Crippen LogP contribution in [0.2, 0.25) is 0 Å². The molecular formula is C15H16Br2O. The SMILES string of the molecule is BrCC(CBr)(Cc1ccccc1)Cc1ccco1. The van der Waals surface area contributed by atoms with E-state index in [0.717, 1.165) is 29.3 Å². The Morgan fingerprint density at radius 2 is 1.61 bits per heavy atom. The van der Waals surface area contributed by atoms with Crippen molar-refractivity contribution in [1.82, 2.24) is 0 Å². The average Bonchev–Trinajstić information content (AvgIpc) is 2.92. The molecule has 1 aromatic heterocycles. The van der Waals surface area contributed by atoms with Crippen molar-refractivity contribution in [3.63, 3.8) is 0 Å². The Balaban J connectivity index is 2.16. The van der Waals surface area contributed by atoms with Crippen LogP contribution in [0, 0.1) is 5.41 Å². The summed E-state index contributed by atoms with van der Waals surface area (Å²) in [4.78, 5) is 0. The molecule has 0 atom stereocenters. The predicted molar refractivity (Wildman–Crippen MR) is 82.6 cm³/mol. The predicted octanol–water partition coefficient (Wildman–Crippen LogP) is 4.84. The van der Waals surface area contributed by atoms with Crippen molar-refractivity contribution >= 4 is 31.9 Å². The summed E-state index contributed by atoms with van der Waals surface area (Å²) in [5, 5.41) is 1.89. The van der Waals surface area contributed by atoms with Gasteiger partial charge in [0.1, 0.15) is 5.76 Å². The summed E-state index contributed by atoms with van der Waals surface area (Å²) in [5.41, 5.74) is 1.52. The Labute approximate surface area is 125 Å². The van der Waals surface area contributed by atoms with Crippen molar-refractivity contribution in [3.8, 4) is 0 Å². The van der Waals surface area contributed by atoms with E-state index in [2.05, 4.69) is 62.2 Å². The number of furan rings is 1. The number of alkyl halides is 2. The molecule has 2 aromatic rings. The lowest BCUT2D eigenvalue weighted by molar-refractivity contribution is 0.346. The van der Waals surface area contributed by atoms with Crippen LogP contribution in [0.15, 0.2) is 53.1 Å². The summed E-state index contributed by atoms with van der Waals surface area (Å²) in [6.07, 6.45) is 3.71.